The Kier molecular flexibility index (Phi) is 5.23. The second kappa shape index (κ2) is 6.82. The van der Waals surface area contributed by atoms with Crippen molar-refractivity contribution in [1.29, 1.82) is 0 Å². The van der Waals surface area contributed by atoms with Crippen LogP contribution in [0.3, 0.4) is 0 Å². The number of benzene rings is 1. The molecule has 0 fully saturated rings. The second-order valence-electron chi connectivity index (χ2n) is 7.56. The molecule has 0 atom stereocenters. The van der Waals surface area contributed by atoms with Gasteiger partial charge in [0.25, 0.3) is 6.33 Å². The molecule has 0 unspecified atom stereocenters. The Morgan fingerprint density at radius 2 is 1.35 bits per heavy atom. The van der Waals surface area contributed by atoms with E-state index < -0.39 is 0 Å². The summed E-state index contributed by atoms with van der Waals surface area (Å²) in [7, 11) is 2.04. The maximum absolute atomic E-state index is 4.73. The molecular weight excluding hydrogens is 280 g/mol. The predicted octanol–water partition coefficient (Wildman–Crippen LogP) is 5.25. The molecule has 1 aromatic carbocycles. The molecule has 0 radical (unpaired) electrons. The van der Waals surface area contributed by atoms with Crippen LogP contribution in [0.4, 0.5) is 0 Å². The third-order valence-corrected chi connectivity index (χ3v) is 4.66. The molecule has 0 saturated carbocycles. The van der Waals surface area contributed by atoms with Crippen molar-refractivity contribution in [2.45, 2.75) is 66.2 Å². The first-order valence-corrected chi connectivity index (χ1v) is 8.72. The molecule has 2 rings (SSSR count). The number of aromatic nitrogens is 2. The van der Waals surface area contributed by atoms with Crippen molar-refractivity contribution in [3.05, 3.63) is 46.9 Å². The average molecular weight is 311 g/mol. The predicted molar refractivity (Wildman–Crippen MR) is 97.9 cm³/mol. The molecule has 1 heterocycles. The third kappa shape index (κ3) is 3.63. The quantitative estimate of drug-likeness (QED) is 0.704. The number of hydrogen-bond donors (Lipinski definition) is 0. The number of nitrogens with zero attached hydrogens (tertiary/aromatic N) is 2. The van der Waals surface area contributed by atoms with Gasteiger partial charge in [-0.2, -0.15) is 0 Å². The van der Waals surface area contributed by atoms with Crippen LogP contribution in [0.1, 0.15) is 81.7 Å². The van der Waals surface area contributed by atoms with E-state index >= 15 is 0 Å². The fourth-order valence-electron chi connectivity index (χ4n) is 2.97. The minimum absolute atomic E-state index is 0.484. The van der Waals surface area contributed by atoms with Crippen LogP contribution in [-0.2, 0) is 7.05 Å². The molecule has 0 amide bonds. The first kappa shape index (κ1) is 17.7. The van der Waals surface area contributed by atoms with E-state index in [-0.39, 0.29) is 0 Å². The normalized spacial score (nSPS) is 11.8. The Hall–Kier alpha value is -1.70. The molecule has 0 aliphatic rings. The topological polar surface area (TPSA) is 16.8 Å². The van der Waals surface area contributed by atoms with E-state index in [1.165, 1.54) is 27.9 Å². The molecule has 0 N–H and O–H groups in total. The molecule has 23 heavy (non-hydrogen) atoms. The first-order valence-electron chi connectivity index (χ1n) is 8.72. The lowest BCUT2D eigenvalue weighted by atomic mass is 9.83. The van der Waals surface area contributed by atoms with Crippen LogP contribution in [0.5, 0.6) is 0 Å². The minimum Gasteiger partial charge on any atom is -0.237 e. The number of aryl methyl sites for hydroxylation is 2. The summed E-state index contributed by atoms with van der Waals surface area (Å²) in [5.74, 6) is 1.51. The largest absolute Gasteiger partial charge is 0.286 e. The van der Waals surface area contributed by atoms with Gasteiger partial charge in [0.05, 0.1) is 7.05 Å². The van der Waals surface area contributed by atoms with Crippen molar-refractivity contribution >= 4 is 0 Å². The van der Waals surface area contributed by atoms with Crippen LogP contribution in [-0.4, -0.2) is 4.98 Å². The fraction of sp³-hybridized carbons (Fsp3) is 0.524. The summed E-state index contributed by atoms with van der Waals surface area (Å²) < 4.78 is 2.07. The zero-order valence-corrected chi connectivity index (χ0v) is 15.9. The monoisotopic (exact) mass is 311 g/mol. The van der Waals surface area contributed by atoms with E-state index in [0.29, 0.717) is 17.8 Å². The number of hydrogen-bond acceptors (Lipinski definition) is 1. The van der Waals surface area contributed by atoms with Gasteiger partial charge in [-0.3, -0.25) is 0 Å². The Bertz CT molecular complexity index is 668. The molecule has 2 nitrogen and oxygen atoms in total. The van der Waals surface area contributed by atoms with E-state index in [4.69, 9.17) is 4.98 Å². The zero-order valence-electron chi connectivity index (χ0n) is 15.9. The van der Waals surface area contributed by atoms with Gasteiger partial charge in [-0.15, -0.1) is 0 Å². The Balaban J connectivity index is 2.80. The molecule has 0 spiro atoms. The van der Waals surface area contributed by atoms with Crippen LogP contribution >= 0.6 is 0 Å². The van der Waals surface area contributed by atoms with Gasteiger partial charge in [-0.25, -0.2) is 4.57 Å². The Morgan fingerprint density at radius 1 is 0.826 bits per heavy atom. The molecule has 0 bridgehead atoms. The van der Waals surface area contributed by atoms with Gasteiger partial charge in [0.1, 0.15) is 5.69 Å². The van der Waals surface area contributed by atoms with E-state index in [1.807, 2.05) is 13.4 Å². The molecule has 124 valence electrons. The maximum atomic E-state index is 4.73. The summed E-state index contributed by atoms with van der Waals surface area (Å²) >= 11 is 0. The number of rotatable bonds is 4. The highest BCUT2D eigenvalue weighted by Crippen LogP contribution is 2.37. The molecule has 1 aromatic heterocycles. The van der Waals surface area contributed by atoms with Crippen LogP contribution in [0.15, 0.2) is 24.5 Å². The SMILES string of the molecule is Cc1cc(-c2c(C(C)C)cc(C(C)C)cc2C(C)C)nc[n+]1C. The van der Waals surface area contributed by atoms with Gasteiger partial charge >= 0.3 is 0 Å². The lowest BCUT2D eigenvalue weighted by molar-refractivity contribution is -0.680. The molecular formula is C21H31N2+. The van der Waals surface area contributed by atoms with E-state index in [2.05, 4.69) is 71.2 Å². The summed E-state index contributed by atoms with van der Waals surface area (Å²) in [4.78, 5) is 4.73. The average Bonchev–Trinajstić information content (AvgIpc) is 2.48. The van der Waals surface area contributed by atoms with Gasteiger partial charge in [-0.05, 0) is 46.4 Å². The van der Waals surface area contributed by atoms with E-state index in [0.717, 1.165) is 5.69 Å². The third-order valence-electron chi connectivity index (χ3n) is 4.66. The van der Waals surface area contributed by atoms with Crippen LogP contribution in [0.25, 0.3) is 11.3 Å². The van der Waals surface area contributed by atoms with Gasteiger partial charge < -0.3 is 0 Å². The molecule has 0 aliphatic heterocycles. The zero-order chi connectivity index (χ0) is 17.3. The summed E-state index contributed by atoms with van der Waals surface area (Å²) in [5, 5.41) is 0. The lowest BCUT2D eigenvalue weighted by Crippen LogP contribution is -2.32. The smallest absolute Gasteiger partial charge is 0.237 e. The Morgan fingerprint density at radius 3 is 1.74 bits per heavy atom. The van der Waals surface area contributed by atoms with Crippen molar-refractivity contribution in [2.24, 2.45) is 7.05 Å². The van der Waals surface area contributed by atoms with Gasteiger partial charge in [0.2, 0.25) is 0 Å². The lowest BCUT2D eigenvalue weighted by Gasteiger charge is -2.21. The highest BCUT2D eigenvalue weighted by atomic mass is 15.0. The van der Waals surface area contributed by atoms with Crippen molar-refractivity contribution in [2.75, 3.05) is 0 Å². The van der Waals surface area contributed by atoms with Crippen molar-refractivity contribution < 1.29 is 4.57 Å². The van der Waals surface area contributed by atoms with Crippen molar-refractivity contribution in [1.82, 2.24) is 4.98 Å². The summed E-state index contributed by atoms with van der Waals surface area (Å²) in [5.41, 5.74) is 7.93. The highest BCUT2D eigenvalue weighted by molar-refractivity contribution is 5.70. The minimum atomic E-state index is 0.484. The van der Waals surface area contributed by atoms with Crippen molar-refractivity contribution in [3.8, 4) is 11.3 Å². The standard InChI is InChI=1S/C21H31N2/c1-13(2)17-10-18(14(3)4)21(19(11-17)15(5)6)20-9-16(7)23(8)12-22-20/h9-15H,1-8H3/q+1. The molecule has 0 aliphatic carbocycles. The maximum Gasteiger partial charge on any atom is 0.286 e. The van der Waals surface area contributed by atoms with Gasteiger partial charge in [0, 0.05) is 11.6 Å². The fourth-order valence-corrected chi connectivity index (χ4v) is 2.97. The van der Waals surface area contributed by atoms with E-state index in [9.17, 15) is 0 Å². The second-order valence-corrected chi connectivity index (χ2v) is 7.56. The van der Waals surface area contributed by atoms with Crippen LogP contribution in [0.2, 0.25) is 0 Å². The van der Waals surface area contributed by atoms with Crippen molar-refractivity contribution in [3.63, 3.8) is 0 Å². The molecule has 2 heteroatoms. The highest BCUT2D eigenvalue weighted by Gasteiger charge is 2.22. The first-order chi connectivity index (χ1) is 10.7. The van der Waals surface area contributed by atoms with Crippen LogP contribution < -0.4 is 4.57 Å². The molecule has 0 saturated heterocycles. The van der Waals surface area contributed by atoms with Gasteiger partial charge in [-0.1, -0.05) is 53.7 Å². The van der Waals surface area contributed by atoms with Gasteiger partial charge in [0.15, 0.2) is 5.69 Å². The summed E-state index contributed by atoms with van der Waals surface area (Å²) in [6.07, 6.45) is 1.93. The summed E-state index contributed by atoms with van der Waals surface area (Å²) in [6, 6.07) is 6.99. The van der Waals surface area contributed by atoms with E-state index in [1.54, 1.807) is 0 Å². The molecule has 2 aromatic rings. The summed E-state index contributed by atoms with van der Waals surface area (Å²) in [6.45, 7) is 15.8. The Labute approximate surface area is 141 Å². The van der Waals surface area contributed by atoms with Crippen LogP contribution in [0, 0.1) is 6.92 Å².